The van der Waals surface area contributed by atoms with Crippen molar-refractivity contribution in [3.05, 3.63) is 53.5 Å². The average Bonchev–Trinajstić information content (AvgIpc) is 2.82. The summed E-state index contributed by atoms with van der Waals surface area (Å²) in [5.41, 5.74) is 0.797. The van der Waals surface area contributed by atoms with Crippen molar-refractivity contribution in [1.29, 1.82) is 0 Å². The van der Waals surface area contributed by atoms with Crippen molar-refractivity contribution in [2.24, 2.45) is 0 Å². The van der Waals surface area contributed by atoms with Gasteiger partial charge in [0.15, 0.2) is 0 Å². The van der Waals surface area contributed by atoms with Crippen molar-refractivity contribution in [3.8, 4) is 5.88 Å². The summed E-state index contributed by atoms with van der Waals surface area (Å²) in [4.78, 5) is 17.3. The second-order valence-electron chi connectivity index (χ2n) is 8.84. The number of amides is 1. The number of carbonyl (C=O) groups is 1. The van der Waals surface area contributed by atoms with Crippen molar-refractivity contribution in [2.75, 3.05) is 11.5 Å². The SMILES string of the molecule is Cc1ccccc1S(=O)(=O)NC1CCC(NC(=O)c2cc(F)cnc2OC2CCSCC2)CC1. The standard InChI is InChI=1S/C24H30FN3O4S2/c1-16-4-2-3-5-22(16)34(30,31)28-19-8-6-18(7-9-19)27-23(29)21-14-17(25)15-26-24(21)32-20-10-12-33-13-11-20/h2-5,14-15,18-20,28H,6-13H2,1H3,(H,27,29). The number of nitrogens with zero attached hydrogens (tertiary/aromatic N) is 1. The van der Waals surface area contributed by atoms with Gasteiger partial charge < -0.3 is 10.1 Å². The zero-order chi connectivity index (χ0) is 24.1. The molecule has 1 aliphatic heterocycles. The van der Waals surface area contributed by atoms with Crippen LogP contribution >= 0.6 is 11.8 Å². The molecular formula is C24H30FN3O4S2. The number of nitrogens with one attached hydrogen (secondary N) is 2. The molecule has 2 aromatic rings. The number of ether oxygens (including phenoxy) is 1. The largest absolute Gasteiger partial charge is 0.474 e. The van der Waals surface area contributed by atoms with E-state index in [4.69, 9.17) is 4.74 Å². The van der Waals surface area contributed by atoms with Crippen LogP contribution in [0, 0.1) is 12.7 Å². The molecule has 1 aromatic heterocycles. The van der Waals surface area contributed by atoms with Crippen LogP contribution in [0.25, 0.3) is 0 Å². The molecule has 1 amide bonds. The maximum absolute atomic E-state index is 13.9. The first-order chi connectivity index (χ1) is 16.3. The number of carbonyl (C=O) groups excluding carboxylic acids is 1. The first-order valence-electron chi connectivity index (χ1n) is 11.6. The Kier molecular flexibility index (Phi) is 8.10. The molecule has 1 aromatic carbocycles. The molecule has 184 valence electrons. The fourth-order valence-electron chi connectivity index (χ4n) is 4.39. The molecule has 2 aliphatic rings. The minimum Gasteiger partial charge on any atom is -0.474 e. The first kappa shape index (κ1) is 24.9. The van der Waals surface area contributed by atoms with Crippen molar-refractivity contribution in [1.82, 2.24) is 15.0 Å². The van der Waals surface area contributed by atoms with Crippen LogP contribution in [-0.2, 0) is 10.0 Å². The van der Waals surface area contributed by atoms with E-state index in [1.165, 1.54) is 0 Å². The van der Waals surface area contributed by atoms with Gasteiger partial charge in [0.05, 0.1) is 11.1 Å². The predicted molar refractivity (Wildman–Crippen MR) is 130 cm³/mol. The number of aromatic nitrogens is 1. The van der Waals surface area contributed by atoms with Crippen molar-refractivity contribution >= 4 is 27.7 Å². The number of halogens is 1. The topological polar surface area (TPSA) is 97.4 Å². The van der Waals surface area contributed by atoms with Crippen LogP contribution < -0.4 is 14.8 Å². The van der Waals surface area contributed by atoms with E-state index in [0.29, 0.717) is 31.2 Å². The predicted octanol–water partition coefficient (Wildman–Crippen LogP) is 3.82. The zero-order valence-corrected chi connectivity index (χ0v) is 20.8. The number of rotatable bonds is 7. The Bertz CT molecular complexity index is 1110. The number of hydrogen-bond acceptors (Lipinski definition) is 6. The molecule has 7 nitrogen and oxygen atoms in total. The van der Waals surface area contributed by atoms with Crippen LogP contribution in [0.15, 0.2) is 41.4 Å². The van der Waals surface area contributed by atoms with Gasteiger partial charge in [-0.3, -0.25) is 4.79 Å². The van der Waals surface area contributed by atoms with Gasteiger partial charge in [-0.1, -0.05) is 18.2 Å². The lowest BCUT2D eigenvalue weighted by Crippen LogP contribution is -2.44. The first-order valence-corrected chi connectivity index (χ1v) is 14.2. The Morgan fingerprint density at radius 3 is 2.47 bits per heavy atom. The van der Waals surface area contributed by atoms with Gasteiger partial charge in [-0.25, -0.2) is 22.5 Å². The lowest BCUT2D eigenvalue weighted by atomic mass is 9.91. The monoisotopic (exact) mass is 507 g/mol. The van der Waals surface area contributed by atoms with E-state index in [-0.39, 0.29) is 34.5 Å². The van der Waals surface area contributed by atoms with Crippen LogP contribution in [0.3, 0.4) is 0 Å². The zero-order valence-electron chi connectivity index (χ0n) is 19.1. The molecule has 0 spiro atoms. The third-order valence-corrected chi connectivity index (χ3v) is 9.01. The number of sulfonamides is 1. The summed E-state index contributed by atoms with van der Waals surface area (Å²) in [6.45, 7) is 1.77. The molecule has 10 heteroatoms. The summed E-state index contributed by atoms with van der Waals surface area (Å²) in [7, 11) is -3.60. The van der Waals surface area contributed by atoms with Gasteiger partial charge in [0.25, 0.3) is 5.91 Å². The average molecular weight is 508 g/mol. The van der Waals surface area contributed by atoms with Gasteiger partial charge in [-0.05, 0) is 74.7 Å². The molecule has 2 N–H and O–H groups in total. The normalized spacial score (nSPS) is 21.7. The maximum atomic E-state index is 13.9. The Morgan fingerprint density at radius 2 is 1.76 bits per heavy atom. The third-order valence-electron chi connectivity index (χ3n) is 6.28. The van der Waals surface area contributed by atoms with Gasteiger partial charge in [0, 0.05) is 12.1 Å². The lowest BCUT2D eigenvalue weighted by molar-refractivity contribution is 0.0914. The summed E-state index contributed by atoms with van der Waals surface area (Å²) < 4.78 is 48.1. The van der Waals surface area contributed by atoms with E-state index < -0.39 is 21.7 Å². The quantitative estimate of drug-likeness (QED) is 0.591. The van der Waals surface area contributed by atoms with Crippen molar-refractivity contribution in [3.63, 3.8) is 0 Å². The fraction of sp³-hybridized carbons (Fsp3) is 0.500. The summed E-state index contributed by atoms with van der Waals surface area (Å²) in [5, 5.41) is 2.96. The van der Waals surface area contributed by atoms with Crippen LogP contribution in [0.1, 0.15) is 54.4 Å². The van der Waals surface area contributed by atoms with Gasteiger partial charge in [0.2, 0.25) is 15.9 Å². The molecule has 2 fully saturated rings. The molecular weight excluding hydrogens is 477 g/mol. The summed E-state index contributed by atoms with van der Waals surface area (Å²) in [5.74, 6) is 1.13. The Morgan fingerprint density at radius 1 is 1.09 bits per heavy atom. The highest BCUT2D eigenvalue weighted by Crippen LogP contribution is 2.26. The Balaban J connectivity index is 1.34. The number of thioether (sulfide) groups is 1. The molecule has 34 heavy (non-hydrogen) atoms. The highest BCUT2D eigenvalue weighted by Gasteiger charge is 2.28. The van der Waals surface area contributed by atoms with Gasteiger partial charge in [-0.15, -0.1) is 0 Å². The number of pyridine rings is 1. The Labute approximate surface area is 204 Å². The second-order valence-corrected chi connectivity index (χ2v) is 11.8. The summed E-state index contributed by atoms with van der Waals surface area (Å²) in [6.07, 6.45) is 5.20. The van der Waals surface area contributed by atoms with Gasteiger partial charge >= 0.3 is 0 Å². The molecule has 0 radical (unpaired) electrons. The van der Waals surface area contributed by atoms with Crippen LogP contribution in [0.4, 0.5) is 4.39 Å². The third kappa shape index (κ3) is 6.28. The van der Waals surface area contributed by atoms with Crippen molar-refractivity contribution in [2.45, 2.75) is 68.5 Å². The molecule has 1 aliphatic carbocycles. The number of hydrogen-bond donors (Lipinski definition) is 2. The molecule has 4 rings (SSSR count). The molecule has 0 atom stereocenters. The summed E-state index contributed by atoms with van der Waals surface area (Å²) in [6, 6.07) is 7.72. The summed E-state index contributed by atoms with van der Waals surface area (Å²) >= 11 is 1.87. The molecule has 0 unspecified atom stereocenters. The highest BCUT2D eigenvalue weighted by molar-refractivity contribution is 7.99. The maximum Gasteiger partial charge on any atom is 0.257 e. The van der Waals surface area contributed by atoms with E-state index in [1.807, 2.05) is 11.8 Å². The minimum atomic E-state index is -3.60. The molecule has 1 saturated heterocycles. The van der Waals surface area contributed by atoms with E-state index in [9.17, 15) is 17.6 Å². The van der Waals surface area contributed by atoms with Crippen molar-refractivity contribution < 1.29 is 22.3 Å². The van der Waals surface area contributed by atoms with Crippen LogP contribution in [0.5, 0.6) is 5.88 Å². The second kappa shape index (κ2) is 11.0. The molecule has 0 bridgehead atoms. The lowest BCUT2D eigenvalue weighted by Gasteiger charge is -2.30. The van der Waals surface area contributed by atoms with Crippen LogP contribution in [0.2, 0.25) is 0 Å². The minimum absolute atomic E-state index is 0.0255. The molecule has 1 saturated carbocycles. The number of benzene rings is 1. The van der Waals surface area contributed by atoms with Gasteiger partial charge in [0.1, 0.15) is 17.5 Å². The van der Waals surface area contributed by atoms with Crippen LogP contribution in [-0.4, -0.2) is 49.0 Å². The molecule has 2 heterocycles. The smallest absolute Gasteiger partial charge is 0.257 e. The van der Waals surface area contributed by atoms with E-state index in [2.05, 4.69) is 15.0 Å². The van der Waals surface area contributed by atoms with E-state index in [1.54, 1.807) is 31.2 Å². The van der Waals surface area contributed by atoms with Gasteiger partial charge in [-0.2, -0.15) is 11.8 Å². The highest BCUT2D eigenvalue weighted by atomic mass is 32.2. The Hall–Kier alpha value is -2.17. The fourth-order valence-corrected chi connectivity index (χ4v) is 7.01. The number of aryl methyl sites for hydroxylation is 1. The van der Waals surface area contributed by atoms with E-state index in [0.717, 1.165) is 36.6 Å². The van der Waals surface area contributed by atoms with E-state index >= 15 is 0 Å².